The van der Waals surface area contributed by atoms with Crippen LogP contribution in [-0.4, -0.2) is 31.1 Å². The van der Waals surface area contributed by atoms with Gasteiger partial charge in [0.2, 0.25) is 0 Å². The zero-order valence-corrected chi connectivity index (χ0v) is 17.0. The molecule has 1 aromatic carbocycles. The Morgan fingerprint density at radius 1 is 1.08 bits per heavy atom. The second-order valence-electron chi connectivity index (χ2n) is 6.59. The smallest absolute Gasteiger partial charge is 0.344 e. The van der Waals surface area contributed by atoms with E-state index in [-0.39, 0.29) is 46.0 Å². The highest BCUT2D eigenvalue weighted by Crippen LogP contribution is 2.33. The zero-order chi connectivity index (χ0) is 19.3. The maximum absolute atomic E-state index is 12.0. The molecular formula is C18H22Cl3NO4. The van der Waals surface area contributed by atoms with Gasteiger partial charge in [-0.3, -0.25) is 4.79 Å². The van der Waals surface area contributed by atoms with Crippen molar-refractivity contribution in [2.24, 2.45) is 11.8 Å². The van der Waals surface area contributed by atoms with Gasteiger partial charge in [-0.15, -0.1) is 0 Å². The summed E-state index contributed by atoms with van der Waals surface area (Å²) in [5, 5.41) is 3.71. The van der Waals surface area contributed by atoms with Gasteiger partial charge in [-0.2, -0.15) is 0 Å². The molecule has 0 heterocycles. The Morgan fingerprint density at radius 3 is 2.50 bits per heavy atom. The van der Waals surface area contributed by atoms with Crippen molar-refractivity contribution in [2.75, 3.05) is 13.2 Å². The molecule has 1 fully saturated rings. The van der Waals surface area contributed by atoms with Gasteiger partial charge in [0.15, 0.2) is 13.2 Å². The third-order valence-corrected chi connectivity index (χ3v) is 5.76. The monoisotopic (exact) mass is 421 g/mol. The molecule has 8 heteroatoms. The van der Waals surface area contributed by atoms with Crippen molar-refractivity contribution in [3.63, 3.8) is 0 Å². The summed E-state index contributed by atoms with van der Waals surface area (Å²) in [6.45, 7) is 3.60. The molecule has 1 saturated carbocycles. The van der Waals surface area contributed by atoms with Crippen LogP contribution in [0, 0.1) is 11.8 Å². The van der Waals surface area contributed by atoms with Crippen molar-refractivity contribution in [3.8, 4) is 5.75 Å². The minimum Gasteiger partial charge on any atom is -0.480 e. The number of esters is 1. The molecule has 3 unspecified atom stereocenters. The van der Waals surface area contributed by atoms with E-state index in [0.29, 0.717) is 11.8 Å². The fourth-order valence-corrected chi connectivity index (χ4v) is 3.56. The molecule has 1 N–H and O–H groups in total. The van der Waals surface area contributed by atoms with Crippen molar-refractivity contribution in [1.82, 2.24) is 5.32 Å². The number of carbonyl (C=O) groups is 2. The molecule has 0 spiro atoms. The number of hydrogen-bond acceptors (Lipinski definition) is 4. The Kier molecular flexibility index (Phi) is 7.86. The molecule has 2 rings (SSSR count). The lowest BCUT2D eigenvalue weighted by atomic mass is 9.78. The Morgan fingerprint density at radius 2 is 1.77 bits per heavy atom. The summed E-state index contributed by atoms with van der Waals surface area (Å²) >= 11 is 17.7. The van der Waals surface area contributed by atoms with E-state index in [1.807, 2.05) is 0 Å². The number of ether oxygens (including phenoxy) is 2. The Bertz CT molecular complexity index is 668. The minimum atomic E-state index is -0.674. The van der Waals surface area contributed by atoms with Crippen molar-refractivity contribution < 1.29 is 19.1 Å². The van der Waals surface area contributed by atoms with Crippen molar-refractivity contribution in [3.05, 3.63) is 27.2 Å². The van der Waals surface area contributed by atoms with Crippen LogP contribution >= 0.6 is 34.8 Å². The molecule has 3 atom stereocenters. The molecule has 5 nitrogen and oxygen atoms in total. The second kappa shape index (κ2) is 9.67. The zero-order valence-electron chi connectivity index (χ0n) is 14.7. The minimum absolute atomic E-state index is 0.121. The van der Waals surface area contributed by atoms with Crippen LogP contribution in [0.3, 0.4) is 0 Å². The van der Waals surface area contributed by atoms with E-state index in [4.69, 9.17) is 44.3 Å². The molecule has 0 saturated heterocycles. The van der Waals surface area contributed by atoms with Crippen LogP contribution in [0.25, 0.3) is 0 Å². The molecular weight excluding hydrogens is 401 g/mol. The van der Waals surface area contributed by atoms with Crippen LogP contribution in [0.4, 0.5) is 0 Å². The van der Waals surface area contributed by atoms with Crippen molar-refractivity contribution >= 4 is 46.7 Å². The van der Waals surface area contributed by atoms with Crippen molar-refractivity contribution in [2.45, 2.75) is 39.2 Å². The summed E-state index contributed by atoms with van der Waals surface area (Å²) in [7, 11) is 0. The van der Waals surface area contributed by atoms with Gasteiger partial charge in [-0.25, -0.2) is 4.79 Å². The van der Waals surface area contributed by atoms with E-state index >= 15 is 0 Å². The SMILES string of the molecule is CC1CCCC(NC(=O)COC(=O)COc2cc(Cl)c(Cl)cc2Cl)C1C. The fourth-order valence-electron chi connectivity index (χ4n) is 2.97. The first-order valence-corrected chi connectivity index (χ1v) is 9.63. The Labute approximate surface area is 168 Å². The maximum atomic E-state index is 12.0. The van der Waals surface area contributed by atoms with Gasteiger partial charge >= 0.3 is 5.97 Å². The van der Waals surface area contributed by atoms with E-state index in [2.05, 4.69) is 19.2 Å². The van der Waals surface area contributed by atoms with Crippen LogP contribution in [0.1, 0.15) is 33.1 Å². The summed E-state index contributed by atoms with van der Waals surface area (Å²) in [4.78, 5) is 23.8. The highest BCUT2D eigenvalue weighted by atomic mass is 35.5. The van der Waals surface area contributed by atoms with E-state index in [0.717, 1.165) is 12.8 Å². The third-order valence-electron chi connectivity index (χ3n) is 4.74. The number of benzene rings is 1. The van der Waals surface area contributed by atoms with E-state index in [1.165, 1.54) is 18.6 Å². The van der Waals surface area contributed by atoms with Gasteiger partial charge in [-0.1, -0.05) is 61.5 Å². The van der Waals surface area contributed by atoms with Crippen LogP contribution in [0.15, 0.2) is 12.1 Å². The molecule has 0 aromatic heterocycles. The average molecular weight is 423 g/mol. The predicted molar refractivity (Wildman–Crippen MR) is 102 cm³/mol. The molecule has 1 amide bonds. The quantitative estimate of drug-likeness (QED) is 0.541. The largest absolute Gasteiger partial charge is 0.480 e. The highest BCUT2D eigenvalue weighted by Gasteiger charge is 2.28. The van der Waals surface area contributed by atoms with Crippen LogP contribution in [0.5, 0.6) is 5.75 Å². The lowest BCUT2D eigenvalue weighted by Crippen LogP contribution is -2.45. The molecule has 0 radical (unpaired) electrons. The standard InChI is InChI=1S/C18H22Cl3NO4/c1-10-4-3-5-15(11(10)2)22-17(23)8-26-18(24)9-25-16-7-13(20)12(19)6-14(16)21/h6-7,10-11,15H,3-5,8-9H2,1-2H3,(H,22,23). The molecule has 1 aliphatic carbocycles. The first-order valence-electron chi connectivity index (χ1n) is 8.50. The number of amides is 1. The van der Waals surface area contributed by atoms with E-state index in [1.54, 1.807) is 0 Å². The summed E-state index contributed by atoms with van der Waals surface area (Å²) in [5.41, 5.74) is 0. The predicted octanol–water partition coefficient (Wildman–Crippen LogP) is 4.51. The molecule has 26 heavy (non-hydrogen) atoms. The first kappa shape index (κ1) is 21.1. The number of rotatable bonds is 6. The van der Waals surface area contributed by atoms with Crippen LogP contribution < -0.4 is 10.1 Å². The first-order chi connectivity index (χ1) is 12.3. The maximum Gasteiger partial charge on any atom is 0.344 e. The van der Waals surface area contributed by atoms with Crippen LogP contribution in [-0.2, 0) is 14.3 Å². The Hall–Kier alpha value is -1.17. The number of hydrogen-bond donors (Lipinski definition) is 1. The van der Waals surface area contributed by atoms with Crippen molar-refractivity contribution in [1.29, 1.82) is 0 Å². The molecule has 1 aliphatic rings. The van der Waals surface area contributed by atoms with Gasteiger partial charge in [-0.05, 0) is 24.3 Å². The summed E-state index contributed by atoms with van der Waals surface area (Å²) in [6.07, 6.45) is 3.22. The lowest BCUT2D eigenvalue weighted by Gasteiger charge is -2.34. The van der Waals surface area contributed by atoms with Gasteiger partial charge in [0.25, 0.3) is 5.91 Å². The number of nitrogens with one attached hydrogen (secondary N) is 1. The van der Waals surface area contributed by atoms with Gasteiger partial charge in [0.05, 0.1) is 15.1 Å². The van der Waals surface area contributed by atoms with Gasteiger partial charge in [0.1, 0.15) is 5.75 Å². The molecule has 0 aliphatic heterocycles. The van der Waals surface area contributed by atoms with Gasteiger partial charge < -0.3 is 14.8 Å². The van der Waals surface area contributed by atoms with Crippen LogP contribution in [0.2, 0.25) is 15.1 Å². The van der Waals surface area contributed by atoms with E-state index in [9.17, 15) is 9.59 Å². The molecule has 144 valence electrons. The summed E-state index contributed by atoms with van der Waals surface area (Å²) in [5.74, 6) is 0.209. The second-order valence-corrected chi connectivity index (χ2v) is 7.81. The average Bonchev–Trinajstić information content (AvgIpc) is 2.59. The Balaban J connectivity index is 1.74. The fraction of sp³-hybridized carbons (Fsp3) is 0.556. The number of halogens is 3. The molecule has 1 aromatic rings. The molecule has 0 bridgehead atoms. The van der Waals surface area contributed by atoms with Gasteiger partial charge in [0, 0.05) is 12.1 Å². The normalized spacial score (nSPS) is 22.6. The third kappa shape index (κ3) is 5.93. The highest BCUT2D eigenvalue weighted by molar-refractivity contribution is 6.43. The summed E-state index contributed by atoms with van der Waals surface area (Å²) < 4.78 is 10.2. The lowest BCUT2D eigenvalue weighted by molar-refractivity contribution is -0.150. The summed E-state index contributed by atoms with van der Waals surface area (Å²) in [6, 6.07) is 2.96. The number of carbonyl (C=O) groups excluding carboxylic acids is 2. The van der Waals surface area contributed by atoms with E-state index < -0.39 is 5.97 Å². The topological polar surface area (TPSA) is 64.6 Å².